The molecule has 0 amide bonds. The van der Waals surface area contributed by atoms with Crippen LogP contribution in [0.25, 0.3) is 0 Å². The minimum absolute atomic E-state index is 1.08. The van der Waals surface area contributed by atoms with Crippen molar-refractivity contribution in [3.63, 3.8) is 0 Å². The van der Waals surface area contributed by atoms with Gasteiger partial charge in [0, 0.05) is 11.4 Å². The minimum Gasteiger partial charge on any atom is -0.344 e. The van der Waals surface area contributed by atoms with Crippen molar-refractivity contribution in [2.24, 2.45) is 4.99 Å². The van der Waals surface area contributed by atoms with Crippen molar-refractivity contribution in [3.05, 3.63) is 17.3 Å². The Morgan fingerprint density at radius 1 is 1.36 bits per heavy atom. The zero-order valence-electron chi connectivity index (χ0n) is 6.94. The van der Waals surface area contributed by atoms with Crippen molar-refractivity contribution in [2.75, 3.05) is 0 Å². The molecular formula is C9H12N2. The molecule has 1 aromatic heterocycles. The summed E-state index contributed by atoms with van der Waals surface area (Å²) in [4.78, 5) is 7.67. The molecule has 0 bridgehead atoms. The van der Waals surface area contributed by atoms with Crippen molar-refractivity contribution in [2.45, 2.75) is 26.7 Å². The molecule has 0 saturated carbocycles. The van der Waals surface area contributed by atoms with E-state index >= 15 is 0 Å². The molecule has 0 unspecified atom stereocenters. The number of nitrogens with one attached hydrogen (secondary N) is 1. The van der Waals surface area contributed by atoms with Crippen LogP contribution in [0.4, 0.5) is 5.82 Å². The number of aryl methyl sites for hydroxylation is 2. The third kappa shape index (κ3) is 1.09. The predicted molar refractivity (Wildman–Crippen MR) is 46.6 cm³/mol. The molecule has 0 radical (unpaired) electrons. The summed E-state index contributed by atoms with van der Waals surface area (Å²) in [6.45, 7) is 4.16. The molecule has 1 aliphatic heterocycles. The van der Waals surface area contributed by atoms with Crippen LogP contribution in [0, 0.1) is 6.92 Å². The summed E-state index contributed by atoms with van der Waals surface area (Å²) in [7, 11) is 0. The number of rotatable bonds is 0. The van der Waals surface area contributed by atoms with Gasteiger partial charge < -0.3 is 4.98 Å². The first-order valence-corrected chi connectivity index (χ1v) is 3.98. The third-order valence-electron chi connectivity index (χ3n) is 2.07. The first-order valence-electron chi connectivity index (χ1n) is 3.98. The lowest BCUT2D eigenvalue weighted by atomic mass is 10.1. The molecule has 2 heteroatoms. The highest BCUT2D eigenvalue weighted by molar-refractivity contribution is 5.86. The van der Waals surface area contributed by atoms with Crippen LogP contribution in [0.15, 0.2) is 11.1 Å². The first kappa shape index (κ1) is 6.65. The van der Waals surface area contributed by atoms with Gasteiger partial charge in [-0.25, -0.2) is 4.99 Å². The van der Waals surface area contributed by atoms with E-state index in [1.165, 1.54) is 17.0 Å². The van der Waals surface area contributed by atoms with Crippen molar-refractivity contribution >= 4 is 11.5 Å². The Morgan fingerprint density at radius 3 is 3.00 bits per heavy atom. The average molecular weight is 148 g/mol. The zero-order chi connectivity index (χ0) is 7.84. The third-order valence-corrected chi connectivity index (χ3v) is 2.07. The summed E-state index contributed by atoms with van der Waals surface area (Å²) in [5.41, 5.74) is 3.82. The van der Waals surface area contributed by atoms with Gasteiger partial charge in [0.1, 0.15) is 5.82 Å². The highest BCUT2D eigenvalue weighted by atomic mass is 14.9. The fourth-order valence-electron chi connectivity index (χ4n) is 1.49. The van der Waals surface area contributed by atoms with Gasteiger partial charge >= 0.3 is 0 Å². The van der Waals surface area contributed by atoms with Gasteiger partial charge in [0.2, 0.25) is 0 Å². The van der Waals surface area contributed by atoms with Crippen LogP contribution in [-0.2, 0) is 6.42 Å². The zero-order valence-corrected chi connectivity index (χ0v) is 6.94. The molecular weight excluding hydrogens is 136 g/mol. The number of hydrogen-bond donors (Lipinski definition) is 1. The molecule has 1 N–H and O–H groups in total. The van der Waals surface area contributed by atoms with Crippen LogP contribution >= 0.6 is 0 Å². The Kier molecular flexibility index (Phi) is 1.34. The van der Waals surface area contributed by atoms with Gasteiger partial charge in [-0.1, -0.05) is 0 Å². The van der Waals surface area contributed by atoms with E-state index in [0.717, 1.165) is 18.7 Å². The monoisotopic (exact) mass is 148 g/mol. The topological polar surface area (TPSA) is 28.1 Å². The first-order chi connectivity index (χ1) is 5.25. The van der Waals surface area contributed by atoms with Crippen LogP contribution in [0.3, 0.4) is 0 Å². The molecule has 0 atom stereocenters. The molecule has 58 valence electrons. The van der Waals surface area contributed by atoms with E-state index in [-0.39, 0.29) is 0 Å². The molecule has 2 nitrogen and oxygen atoms in total. The number of H-pyrrole nitrogens is 1. The lowest BCUT2D eigenvalue weighted by molar-refractivity contribution is 1.00. The Bertz CT molecular complexity index is 307. The maximum absolute atomic E-state index is 4.43. The molecule has 1 aliphatic rings. The van der Waals surface area contributed by atoms with E-state index < -0.39 is 0 Å². The van der Waals surface area contributed by atoms with E-state index in [4.69, 9.17) is 0 Å². The van der Waals surface area contributed by atoms with Crippen LogP contribution in [-0.4, -0.2) is 10.7 Å². The number of fused-ring (bicyclic) bond motifs is 1. The number of aromatic amines is 1. The Hall–Kier alpha value is -1.05. The molecule has 2 heterocycles. The predicted octanol–water partition coefficient (Wildman–Crippen LogP) is 2.36. The number of hydrogen-bond acceptors (Lipinski definition) is 1. The van der Waals surface area contributed by atoms with Crippen LogP contribution in [0.1, 0.15) is 24.6 Å². The summed E-state index contributed by atoms with van der Waals surface area (Å²) in [6.07, 6.45) is 2.26. The second-order valence-electron chi connectivity index (χ2n) is 3.17. The van der Waals surface area contributed by atoms with E-state index in [9.17, 15) is 0 Å². The van der Waals surface area contributed by atoms with Crippen molar-refractivity contribution in [1.29, 1.82) is 0 Å². The van der Waals surface area contributed by atoms with E-state index in [0.29, 0.717) is 0 Å². The van der Waals surface area contributed by atoms with Crippen LogP contribution < -0.4 is 0 Å². The van der Waals surface area contributed by atoms with Crippen molar-refractivity contribution in [1.82, 2.24) is 4.98 Å². The lowest BCUT2D eigenvalue weighted by Gasteiger charge is -2.06. The summed E-state index contributed by atoms with van der Waals surface area (Å²) < 4.78 is 0. The Labute approximate surface area is 66.4 Å². The quantitative estimate of drug-likeness (QED) is 0.585. The van der Waals surface area contributed by atoms with E-state index in [1.807, 2.05) is 0 Å². The van der Waals surface area contributed by atoms with E-state index in [1.54, 1.807) is 0 Å². The molecule has 2 rings (SSSR count). The maximum atomic E-state index is 4.43. The number of aromatic nitrogens is 1. The largest absolute Gasteiger partial charge is 0.344 e. The van der Waals surface area contributed by atoms with Crippen LogP contribution in [0.5, 0.6) is 0 Å². The second-order valence-corrected chi connectivity index (χ2v) is 3.17. The summed E-state index contributed by atoms with van der Waals surface area (Å²) in [5, 5.41) is 0. The molecule has 0 spiro atoms. The molecule has 0 aliphatic carbocycles. The Balaban J connectivity index is 2.50. The van der Waals surface area contributed by atoms with E-state index in [2.05, 4.69) is 29.9 Å². The van der Waals surface area contributed by atoms with Crippen molar-refractivity contribution in [3.8, 4) is 0 Å². The highest BCUT2D eigenvalue weighted by Gasteiger charge is 2.10. The van der Waals surface area contributed by atoms with Gasteiger partial charge in [-0.05, 0) is 38.3 Å². The van der Waals surface area contributed by atoms with Gasteiger partial charge in [-0.2, -0.15) is 0 Å². The standard InChI is InChI=1S/C9H12N2/c1-6-3-4-8-5-7(2)11-9(8)10-6/h5,11H,3-4H2,1-2H3. The number of nitrogens with zero attached hydrogens (tertiary/aromatic N) is 1. The summed E-state index contributed by atoms with van der Waals surface area (Å²) in [5.74, 6) is 1.08. The Morgan fingerprint density at radius 2 is 2.18 bits per heavy atom. The van der Waals surface area contributed by atoms with Crippen molar-refractivity contribution < 1.29 is 0 Å². The highest BCUT2D eigenvalue weighted by Crippen LogP contribution is 2.25. The molecule has 0 saturated heterocycles. The van der Waals surface area contributed by atoms with Gasteiger partial charge in [0.25, 0.3) is 0 Å². The normalized spacial score (nSPS) is 16.0. The number of aliphatic imine (C=N–C) groups is 1. The van der Waals surface area contributed by atoms with Gasteiger partial charge in [0.05, 0.1) is 0 Å². The maximum Gasteiger partial charge on any atom is 0.133 e. The molecule has 1 aromatic rings. The fraction of sp³-hybridized carbons (Fsp3) is 0.444. The molecule has 0 aromatic carbocycles. The lowest BCUT2D eigenvalue weighted by Crippen LogP contribution is -1.99. The van der Waals surface area contributed by atoms with Gasteiger partial charge in [-0.3, -0.25) is 0 Å². The fourth-order valence-corrected chi connectivity index (χ4v) is 1.49. The second kappa shape index (κ2) is 2.22. The average Bonchev–Trinajstić information content (AvgIpc) is 2.27. The minimum atomic E-state index is 1.08. The summed E-state index contributed by atoms with van der Waals surface area (Å²) in [6, 6.07) is 2.19. The van der Waals surface area contributed by atoms with Crippen LogP contribution in [0.2, 0.25) is 0 Å². The molecule has 0 fully saturated rings. The smallest absolute Gasteiger partial charge is 0.133 e. The molecule has 11 heavy (non-hydrogen) atoms. The van der Waals surface area contributed by atoms with Gasteiger partial charge in [0.15, 0.2) is 0 Å². The van der Waals surface area contributed by atoms with Gasteiger partial charge in [-0.15, -0.1) is 0 Å². The SMILES string of the molecule is CC1=Nc2[nH]c(C)cc2CC1. The summed E-state index contributed by atoms with van der Waals surface area (Å²) >= 11 is 0.